The molecule has 0 saturated heterocycles. The fourth-order valence-electron chi connectivity index (χ4n) is 3.71. The van der Waals surface area contributed by atoms with E-state index >= 15 is 0 Å². The number of nitrogens with zero attached hydrogens (tertiary/aromatic N) is 5. The molecule has 2 heterocycles. The van der Waals surface area contributed by atoms with Crippen LogP contribution in [0.25, 0.3) is 33.2 Å². The second-order valence-corrected chi connectivity index (χ2v) is 6.65. The molecule has 0 atom stereocenters. The Balaban J connectivity index is 1.57. The third-order valence-corrected chi connectivity index (χ3v) is 5.01. The number of aromatic nitrogens is 4. The van der Waals surface area contributed by atoms with Gasteiger partial charge >= 0.3 is 0 Å². The Bertz CT molecular complexity index is 1290. The van der Waals surface area contributed by atoms with Crippen LogP contribution in [0.5, 0.6) is 0 Å². The van der Waals surface area contributed by atoms with Crippen LogP contribution in [0.3, 0.4) is 0 Å². The normalized spacial score (nSPS) is 11.8. The van der Waals surface area contributed by atoms with E-state index in [0.29, 0.717) is 0 Å². The predicted octanol–water partition coefficient (Wildman–Crippen LogP) is 4.96. The van der Waals surface area contributed by atoms with Gasteiger partial charge in [0.1, 0.15) is 6.33 Å². The number of hydrogen-bond donors (Lipinski definition) is 0. The molecule has 2 aromatic heterocycles. The van der Waals surface area contributed by atoms with Crippen molar-refractivity contribution in [1.29, 1.82) is 0 Å². The molecule has 5 rings (SSSR count). The van der Waals surface area contributed by atoms with E-state index in [1.165, 1.54) is 21.8 Å². The summed E-state index contributed by atoms with van der Waals surface area (Å²) in [5.41, 5.74) is 4.53. The summed E-state index contributed by atoms with van der Waals surface area (Å²) >= 11 is 0. The first-order chi connectivity index (χ1) is 13.8. The van der Waals surface area contributed by atoms with Crippen molar-refractivity contribution in [2.75, 3.05) is 0 Å². The maximum Gasteiger partial charge on any atom is 0.184 e. The molecule has 0 aliphatic heterocycles. The molecule has 0 bridgehead atoms. The molecule has 0 fully saturated rings. The van der Waals surface area contributed by atoms with Gasteiger partial charge in [-0.2, -0.15) is 9.78 Å². The van der Waals surface area contributed by atoms with Crippen LogP contribution in [-0.2, 0) is 6.54 Å². The maximum absolute atomic E-state index is 4.59. The van der Waals surface area contributed by atoms with E-state index in [-0.39, 0.29) is 0 Å². The van der Waals surface area contributed by atoms with Crippen LogP contribution in [0.15, 0.2) is 84.2 Å². The van der Waals surface area contributed by atoms with Gasteiger partial charge in [0.25, 0.3) is 0 Å². The number of rotatable bonds is 4. The summed E-state index contributed by atoms with van der Waals surface area (Å²) in [6, 6.07) is 24.9. The fourth-order valence-corrected chi connectivity index (χ4v) is 3.71. The highest BCUT2D eigenvalue weighted by molar-refractivity contribution is 6.09. The lowest BCUT2D eigenvalue weighted by molar-refractivity contribution is 0.827. The zero-order valence-electron chi connectivity index (χ0n) is 15.5. The third-order valence-electron chi connectivity index (χ3n) is 5.01. The predicted molar refractivity (Wildman–Crippen MR) is 114 cm³/mol. The minimum Gasteiger partial charge on any atom is -0.341 e. The van der Waals surface area contributed by atoms with Crippen LogP contribution in [-0.4, -0.2) is 25.7 Å². The van der Waals surface area contributed by atoms with Gasteiger partial charge in [-0.1, -0.05) is 54.6 Å². The van der Waals surface area contributed by atoms with E-state index in [0.717, 1.165) is 23.5 Å². The first kappa shape index (κ1) is 16.4. The van der Waals surface area contributed by atoms with Gasteiger partial charge in [0.05, 0.1) is 6.21 Å². The van der Waals surface area contributed by atoms with Crippen LogP contribution in [0.2, 0.25) is 0 Å². The number of aryl methyl sites for hydroxylation is 1. The fraction of sp³-hybridized carbons (Fsp3) is 0.0870. The quantitative estimate of drug-likeness (QED) is 0.423. The Kier molecular flexibility index (Phi) is 3.98. The molecule has 0 amide bonds. The Morgan fingerprint density at radius 3 is 2.54 bits per heavy atom. The van der Waals surface area contributed by atoms with Crippen LogP contribution in [0.1, 0.15) is 12.5 Å². The zero-order chi connectivity index (χ0) is 18.9. The molecule has 28 heavy (non-hydrogen) atoms. The second kappa shape index (κ2) is 6.78. The highest BCUT2D eigenvalue weighted by atomic mass is 15.4. The maximum atomic E-state index is 4.59. The molecule has 5 nitrogen and oxygen atoms in total. The average molecular weight is 365 g/mol. The van der Waals surface area contributed by atoms with E-state index in [1.807, 2.05) is 36.5 Å². The Morgan fingerprint density at radius 1 is 0.893 bits per heavy atom. The summed E-state index contributed by atoms with van der Waals surface area (Å²) in [7, 11) is 0. The smallest absolute Gasteiger partial charge is 0.184 e. The Labute approximate surface area is 162 Å². The summed E-state index contributed by atoms with van der Waals surface area (Å²) < 4.78 is 4.05. The van der Waals surface area contributed by atoms with Gasteiger partial charge < -0.3 is 4.57 Å². The third kappa shape index (κ3) is 2.68. The highest BCUT2D eigenvalue weighted by Crippen LogP contribution is 2.29. The summed E-state index contributed by atoms with van der Waals surface area (Å²) in [4.78, 5) is 0. The second-order valence-electron chi connectivity index (χ2n) is 6.65. The number of para-hydroxylation sites is 1. The van der Waals surface area contributed by atoms with Crippen molar-refractivity contribution in [2.24, 2.45) is 5.10 Å². The van der Waals surface area contributed by atoms with Gasteiger partial charge in [0.2, 0.25) is 0 Å². The standard InChI is InChI=1S/C23H19N5/c1-2-27-21-11-7-6-10-19(21)20-14-17(12-13-22(20)27)15-25-28-16-24-26-23(28)18-8-4-3-5-9-18/h3-16H,2H2,1H3/b25-15-. The summed E-state index contributed by atoms with van der Waals surface area (Å²) in [5.74, 6) is 0.723. The number of hydrogen-bond acceptors (Lipinski definition) is 3. The van der Waals surface area contributed by atoms with E-state index in [4.69, 9.17) is 0 Å². The zero-order valence-corrected chi connectivity index (χ0v) is 15.5. The van der Waals surface area contributed by atoms with Gasteiger partial charge in [0.15, 0.2) is 5.82 Å². The molecular weight excluding hydrogens is 346 g/mol. The lowest BCUT2D eigenvalue weighted by atomic mass is 10.1. The Hall–Kier alpha value is -3.73. The minimum atomic E-state index is 0.723. The first-order valence-electron chi connectivity index (χ1n) is 9.36. The van der Waals surface area contributed by atoms with Crippen molar-refractivity contribution in [2.45, 2.75) is 13.5 Å². The monoisotopic (exact) mass is 365 g/mol. The van der Waals surface area contributed by atoms with Crippen molar-refractivity contribution in [1.82, 2.24) is 19.4 Å². The van der Waals surface area contributed by atoms with Crippen molar-refractivity contribution in [3.63, 3.8) is 0 Å². The summed E-state index contributed by atoms with van der Waals surface area (Å²) in [6.07, 6.45) is 3.48. The molecule has 0 aliphatic rings. The topological polar surface area (TPSA) is 48.0 Å². The van der Waals surface area contributed by atoms with Crippen molar-refractivity contribution in [3.8, 4) is 11.4 Å². The lowest BCUT2D eigenvalue weighted by Crippen LogP contribution is -1.94. The van der Waals surface area contributed by atoms with Crippen molar-refractivity contribution >= 4 is 28.0 Å². The molecule has 136 valence electrons. The van der Waals surface area contributed by atoms with Crippen molar-refractivity contribution < 1.29 is 0 Å². The summed E-state index contributed by atoms with van der Waals surface area (Å²) in [5, 5.41) is 15.3. The van der Waals surface area contributed by atoms with Crippen LogP contribution < -0.4 is 0 Å². The van der Waals surface area contributed by atoms with Crippen molar-refractivity contribution in [3.05, 3.63) is 84.7 Å². The number of benzene rings is 3. The summed E-state index contributed by atoms with van der Waals surface area (Å²) in [6.45, 7) is 3.12. The SMILES string of the molecule is CCn1c2ccccc2c2cc(/C=N\n3cnnc3-c3ccccc3)ccc21. The van der Waals surface area contributed by atoms with E-state index in [2.05, 4.69) is 69.3 Å². The van der Waals surface area contributed by atoms with Gasteiger partial charge in [-0.3, -0.25) is 0 Å². The van der Waals surface area contributed by atoms with Crippen LogP contribution in [0.4, 0.5) is 0 Å². The van der Waals surface area contributed by atoms with Gasteiger partial charge in [-0.15, -0.1) is 10.2 Å². The van der Waals surface area contributed by atoms with Crippen LogP contribution >= 0.6 is 0 Å². The minimum absolute atomic E-state index is 0.723. The molecule has 0 unspecified atom stereocenters. The molecule has 3 aromatic carbocycles. The van der Waals surface area contributed by atoms with Gasteiger partial charge in [-0.25, -0.2) is 0 Å². The molecule has 0 N–H and O–H groups in total. The molecular formula is C23H19N5. The number of fused-ring (bicyclic) bond motifs is 3. The van der Waals surface area contributed by atoms with E-state index in [9.17, 15) is 0 Å². The largest absolute Gasteiger partial charge is 0.341 e. The van der Waals surface area contributed by atoms with E-state index in [1.54, 1.807) is 11.0 Å². The molecule has 0 spiro atoms. The van der Waals surface area contributed by atoms with Crippen LogP contribution in [0, 0.1) is 0 Å². The van der Waals surface area contributed by atoms with E-state index < -0.39 is 0 Å². The Morgan fingerprint density at radius 2 is 1.68 bits per heavy atom. The molecule has 0 radical (unpaired) electrons. The average Bonchev–Trinajstić information content (AvgIpc) is 3.35. The first-order valence-corrected chi connectivity index (χ1v) is 9.36. The lowest BCUT2D eigenvalue weighted by Gasteiger charge is -2.03. The molecule has 0 aliphatic carbocycles. The molecule has 5 aromatic rings. The molecule has 5 heteroatoms. The molecule has 0 saturated carbocycles. The van der Waals surface area contributed by atoms with Gasteiger partial charge in [-0.05, 0) is 30.7 Å². The van der Waals surface area contributed by atoms with Gasteiger partial charge in [0, 0.05) is 33.9 Å². The highest BCUT2D eigenvalue weighted by Gasteiger charge is 2.09.